The lowest BCUT2D eigenvalue weighted by molar-refractivity contribution is -0.142. The Hall–Kier alpha value is -1.43. The monoisotopic (exact) mass is 280 g/mol. The van der Waals surface area contributed by atoms with Gasteiger partial charge in [-0.25, -0.2) is 4.79 Å². The van der Waals surface area contributed by atoms with Crippen LogP contribution in [-0.4, -0.2) is 39.6 Å². The van der Waals surface area contributed by atoms with Crippen LogP contribution in [0, 0.1) is 0 Å². The van der Waals surface area contributed by atoms with Crippen LogP contribution in [0.2, 0.25) is 0 Å². The fourth-order valence-corrected chi connectivity index (χ4v) is 2.56. The number of benzene rings is 1. The zero-order valence-corrected chi connectivity index (χ0v) is 11.7. The summed E-state index contributed by atoms with van der Waals surface area (Å²) in [4.78, 5) is 10.8. The van der Waals surface area contributed by atoms with Crippen LogP contribution < -0.4 is 0 Å². The molecule has 0 amide bonds. The van der Waals surface area contributed by atoms with Gasteiger partial charge in [-0.05, 0) is 44.4 Å². The van der Waals surface area contributed by atoms with Crippen LogP contribution in [0.4, 0.5) is 0 Å². The number of aliphatic hydroxyl groups is 2. The molecule has 1 aromatic rings. The van der Waals surface area contributed by atoms with E-state index in [4.69, 9.17) is 9.84 Å². The molecule has 1 heterocycles. The summed E-state index contributed by atoms with van der Waals surface area (Å²) in [6.45, 7) is 3.11. The third-order valence-corrected chi connectivity index (χ3v) is 4.04. The van der Waals surface area contributed by atoms with E-state index in [0.717, 1.165) is 5.56 Å². The number of aromatic carboxylic acids is 1. The summed E-state index contributed by atoms with van der Waals surface area (Å²) in [5.74, 6) is -0.963. The van der Waals surface area contributed by atoms with Crippen molar-refractivity contribution >= 4 is 5.97 Å². The van der Waals surface area contributed by atoms with Gasteiger partial charge in [0.1, 0.15) is 5.60 Å². The Kier molecular flexibility index (Phi) is 3.86. The quantitative estimate of drug-likeness (QED) is 0.778. The summed E-state index contributed by atoms with van der Waals surface area (Å²) in [6, 6.07) is 6.56. The van der Waals surface area contributed by atoms with Gasteiger partial charge in [0.2, 0.25) is 0 Å². The Morgan fingerprint density at radius 3 is 2.55 bits per heavy atom. The normalized spacial score (nSPS) is 29.1. The van der Waals surface area contributed by atoms with Crippen LogP contribution in [0.3, 0.4) is 0 Å². The van der Waals surface area contributed by atoms with Gasteiger partial charge in [0.05, 0.1) is 23.9 Å². The molecule has 0 aromatic heterocycles. The highest BCUT2D eigenvalue weighted by atomic mass is 16.5. The van der Waals surface area contributed by atoms with Crippen molar-refractivity contribution in [3.63, 3.8) is 0 Å². The van der Waals surface area contributed by atoms with Gasteiger partial charge in [-0.3, -0.25) is 0 Å². The minimum atomic E-state index is -1.27. The maximum atomic E-state index is 10.8. The fourth-order valence-electron chi connectivity index (χ4n) is 2.56. The molecule has 2 rings (SSSR count). The Morgan fingerprint density at radius 2 is 2.05 bits per heavy atom. The first-order chi connectivity index (χ1) is 9.28. The SMILES string of the molecule is C[C@@]1(c2ccc(C(=O)O)cc2)CC[C@H]([C@](C)(O)CO)O1. The molecule has 0 unspecified atom stereocenters. The average molecular weight is 280 g/mol. The van der Waals surface area contributed by atoms with Gasteiger partial charge < -0.3 is 20.1 Å². The van der Waals surface area contributed by atoms with Crippen molar-refractivity contribution in [3.05, 3.63) is 35.4 Å². The molecule has 0 radical (unpaired) electrons. The lowest BCUT2D eigenvalue weighted by Crippen LogP contribution is -2.43. The topological polar surface area (TPSA) is 87.0 Å². The summed E-state index contributed by atoms with van der Waals surface area (Å²) < 4.78 is 5.93. The van der Waals surface area contributed by atoms with Crippen LogP contribution in [0.15, 0.2) is 24.3 Å². The van der Waals surface area contributed by atoms with E-state index in [1.165, 1.54) is 0 Å². The van der Waals surface area contributed by atoms with Crippen molar-refractivity contribution in [2.24, 2.45) is 0 Å². The smallest absolute Gasteiger partial charge is 0.335 e. The standard InChI is InChI=1S/C15H20O5/c1-14(19,9-16)12-7-8-15(2,20-12)11-5-3-10(4-6-11)13(17)18/h3-6,12,16,19H,7-9H2,1-2H3,(H,17,18)/t12-,14-,15+/m1/s1. The minimum Gasteiger partial charge on any atom is -0.478 e. The molecule has 5 nitrogen and oxygen atoms in total. The highest BCUT2D eigenvalue weighted by Gasteiger charge is 2.45. The first kappa shape index (κ1) is 15.0. The number of ether oxygens (including phenoxy) is 1. The molecular formula is C15H20O5. The minimum absolute atomic E-state index is 0.231. The zero-order valence-electron chi connectivity index (χ0n) is 11.7. The number of rotatable bonds is 4. The number of aliphatic hydroxyl groups excluding tert-OH is 1. The average Bonchev–Trinajstić information content (AvgIpc) is 2.83. The van der Waals surface area contributed by atoms with Crippen molar-refractivity contribution in [2.75, 3.05) is 6.61 Å². The summed E-state index contributed by atoms with van der Waals surface area (Å²) >= 11 is 0. The molecule has 0 bridgehead atoms. The Labute approximate surface area is 117 Å². The van der Waals surface area contributed by atoms with Gasteiger partial charge in [-0.2, -0.15) is 0 Å². The summed E-state index contributed by atoms with van der Waals surface area (Å²) in [7, 11) is 0. The Balaban J connectivity index is 2.18. The lowest BCUT2D eigenvalue weighted by Gasteiger charge is -2.31. The summed E-state index contributed by atoms with van der Waals surface area (Å²) in [6.07, 6.45) is 0.919. The number of hydrogen-bond donors (Lipinski definition) is 3. The molecule has 1 aliphatic rings. The largest absolute Gasteiger partial charge is 0.478 e. The summed E-state index contributed by atoms with van der Waals surface area (Å²) in [5, 5.41) is 28.2. The van der Waals surface area contributed by atoms with Gasteiger partial charge in [-0.15, -0.1) is 0 Å². The number of carboxylic acid groups (broad SMARTS) is 1. The molecule has 5 heteroatoms. The first-order valence-corrected chi connectivity index (χ1v) is 6.63. The highest BCUT2D eigenvalue weighted by Crippen LogP contribution is 2.42. The molecule has 1 fully saturated rings. The Bertz CT molecular complexity index is 493. The Morgan fingerprint density at radius 1 is 1.45 bits per heavy atom. The van der Waals surface area contributed by atoms with Crippen LogP contribution in [-0.2, 0) is 10.3 Å². The molecule has 3 atom stereocenters. The third kappa shape index (κ3) is 2.70. The molecule has 110 valence electrons. The number of carbonyl (C=O) groups is 1. The van der Waals surface area contributed by atoms with Crippen molar-refractivity contribution in [1.82, 2.24) is 0 Å². The second-order valence-electron chi connectivity index (χ2n) is 5.77. The van der Waals surface area contributed by atoms with Crippen molar-refractivity contribution in [2.45, 2.75) is 44.0 Å². The van der Waals surface area contributed by atoms with Crippen LogP contribution in [0.25, 0.3) is 0 Å². The lowest BCUT2D eigenvalue weighted by atomic mass is 9.91. The third-order valence-electron chi connectivity index (χ3n) is 4.04. The van der Waals surface area contributed by atoms with E-state index in [2.05, 4.69) is 0 Å². The van der Waals surface area contributed by atoms with Crippen LogP contribution in [0.5, 0.6) is 0 Å². The van der Waals surface area contributed by atoms with E-state index < -0.39 is 23.3 Å². The van der Waals surface area contributed by atoms with E-state index >= 15 is 0 Å². The van der Waals surface area contributed by atoms with E-state index in [-0.39, 0.29) is 12.2 Å². The molecule has 3 N–H and O–H groups in total. The van der Waals surface area contributed by atoms with Gasteiger partial charge in [0, 0.05) is 0 Å². The molecule has 1 aromatic carbocycles. The predicted octanol–water partition coefficient (Wildman–Crippen LogP) is 1.52. The number of carboxylic acids is 1. The maximum Gasteiger partial charge on any atom is 0.335 e. The van der Waals surface area contributed by atoms with Crippen LogP contribution >= 0.6 is 0 Å². The van der Waals surface area contributed by atoms with Crippen molar-refractivity contribution < 1.29 is 24.9 Å². The molecule has 0 spiro atoms. The van der Waals surface area contributed by atoms with Gasteiger partial charge >= 0.3 is 5.97 Å². The van der Waals surface area contributed by atoms with E-state index in [0.29, 0.717) is 12.8 Å². The molecule has 1 saturated heterocycles. The fraction of sp³-hybridized carbons (Fsp3) is 0.533. The van der Waals surface area contributed by atoms with E-state index in [1.807, 2.05) is 6.92 Å². The number of hydrogen-bond acceptors (Lipinski definition) is 4. The molecular weight excluding hydrogens is 260 g/mol. The molecule has 0 saturated carbocycles. The summed E-state index contributed by atoms with van der Waals surface area (Å²) in [5.41, 5.74) is -0.729. The van der Waals surface area contributed by atoms with E-state index in [9.17, 15) is 15.0 Å². The van der Waals surface area contributed by atoms with Crippen LogP contribution in [0.1, 0.15) is 42.6 Å². The highest BCUT2D eigenvalue weighted by molar-refractivity contribution is 5.87. The van der Waals surface area contributed by atoms with Crippen molar-refractivity contribution in [1.29, 1.82) is 0 Å². The van der Waals surface area contributed by atoms with Crippen molar-refractivity contribution in [3.8, 4) is 0 Å². The van der Waals surface area contributed by atoms with Gasteiger partial charge in [0.25, 0.3) is 0 Å². The van der Waals surface area contributed by atoms with Gasteiger partial charge in [-0.1, -0.05) is 12.1 Å². The second kappa shape index (κ2) is 5.16. The molecule has 20 heavy (non-hydrogen) atoms. The molecule has 0 aliphatic carbocycles. The first-order valence-electron chi connectivity index (χ1n) is 6.63. The maximum absolute atomic E-state index is 10.8. The van der Waals surface area contributed by atoms with Gasteiger partial charge in [0.15, 0.2) is 0 Å². The van der Waals surface area contributed by atoms with E-state index in [1.54, 1.807) is 31.2 Å². The second-order valence-corrected chi connectivity index (χ2v) is 5.77. The predicted molar refractivity (Wildman–Crippen MR) is 72.6 cm³/mol. The zero-order chi connectivity index (χ0) is 15.0. The molecule has 1 aliphatic heterocycles.